The van der Waals surface area contributed by atoms with E-state index in [4.69, 9.17) is 4.74 Å². The molecule has 0 bridgehead atoms. The summed E-state index contributed by atoms with van der Waals surface area (Å²) in [7, 11) is 0. The highest BCUT2D eigenvalue weighted by Gasteiger charge is 2.15. The maximum atomic E-state index is 12.5. The Morgan fingerprint density at radius 2 is 1.88 bits per heavy atom. The highest BCUT2D eigenvalue weighted by atomic mass is 35.5. The van der Waals surface area contributed by atoms with E-state index in [1.807, 2.05) is 54.6 Å². The number of benzene rings is 2. The van der Waals surface area contributed by atoms with Crippen LogP contribution in [0.4, 0.5) is 0 Å². The van der Waals surface area contributed by atoms with E-state index in [1.54, 1.807) is 0 Å². The summed E-state index contributed by atoms with van der Waals surface area (Å²) in [5, 5.41) is 6.40. The SMILES string of the molecule is Cl.O=C(NCCC1CCNC1)c1ccccc1COc1ccccc1. The molecule has 1 aliphatic heterocycles. The first-order chi connectivity index (χ1) is 11.8. The van der Waals surface area contributed by atoms with Crippen LogP contribution >= 0.6 is 12.4 Å². The molecule has 4 nitrogen and oxygen atoms in total. The quantitative estimate of drug-likeness (QED) is 0.795. The van der Waals surface area contributed by atoms with E-state index >= 15 is 0 Å². The minimum atomic E-state index is -0.0202. The summed E-state index contributed by atoms with van der Waals surface area (Å²) in [6.45, 7) is 3.27. The molecule has 1 atom stereocenters. The van der Waals surface area contributed by atoms with Crippen LogP contribution in [0.3, 0.4) is 0 Å². The number of nitrogens with one attached hydrogen (secondary N) is 2. The van der Waals surface area contributed by atoms with Crippen LogP contribution in [0, 0.1) is 5.92 Å². The molecule has 0 radical (unpaired) electrons. The van der Waals surface area contributed by atoms with Crippen molar-refractivity contribution in [2.75, 3.05) is 19.6 Å². The van der Waals surface area contributed by atoms with Crippen LogP contribution in [0.2, 0.25) is 0 Å². The number of amides is 1. The van der Waals surface area contributed by atoms with Crippen LogP contribution in [-0.4, -0.2) is 25.5 Å². The van der Waals surface area contributed by atoms with Gasteiger partial charge in [0.2, 0.25) is 0 Å². The van der Waals surface area contributed by atoms with E-state index in [0.717, 1.165) is 37.4 Å². The number of carbonyl (C=O) groups is 1. The van der Waals surface area contributed by atoms with Gasteiger partial charge < -0.3 is 15.4 Å². The molecule has 1 amide bonds. The monoisotopic (exact) mass is 360 g/mol. The van der Waals surface area contributed by atoms with E-state index in [0.29, 0.717) is 18.1 Å². The zero-order chi connectivity index (χ0) is 16.6. The van der Waals surface area contributed by atoms with Crippen LogP contribution in [0.15, 0.2) is 54.6 Å². The summed E-state index contributed by atoms with van der Waals surface area (Å²) in [6, 6.07) is 17.3. The maximum absolute atomic E-state index is 12.5. The van der Waals surface area contributed by atoms with Gasteiger partial charge in [-0.15, -0.1) is 12.4 Å². The Balaban J connectivity index is 0.00000225. The van der Waals surface area contributed by atoms with Crippen LogP contribution in [-0.2, 0) is 6.61 Å². The summed E-state index contributed by atoms with van der Waals surface area (Å²) in [5.74, 6) is 1.47. The Morgan fingerprint density at radius 1 is 1.12 bits per heavy atom. The van der Waals surface area contributed by atoms with Gasteiger partial charge in [0, 0.05) is 17.7 Å². The molecule has 5 heteroatoms. The minimum absolute atomic E-state index is 0. The molecule has 0 spiro atoms. The zero-order valence-electron chi connectivity index (χ0n) is 14.2. The molecular formula is C20H25ClN2O2. The highest BCUT2D eigenvalue weighted by molar-refractivity contribution is 5.95. The molecule has 1 heterocycles. The van der Waals surface area contributed by atoms with Gasteiger partial charge in [-0.1, -0.05) is 36.4 Å². The predicted octanol–water partition coefficient (Wildman–Crippen LogP) is 3.42. The Kier molecular flexibility index (Phi) is 7.76. The van der Waals surface area contributed by atoms with E-state index in [9.17, 15) is 4.79 Å². The maximum Gasteiger partial charge on any atom is 0.251 e. The van der Waals surface area contributed by atoms with Crippen molar-refractivity contribution in [3.05, 3.63) is 65.7 Å². The number of ether oxygens (including phenoxy) is 1. The van der Waals surface area contributed by atoms with Crippen molar-refractivity contribution in [1.82, 2.24) is 10.6 Å². The molecule has 0 aliphatic carbocycles. The van der Waals surface area contributed by atoms with Crippen LogP contribution in [0.25, 0.3) is 0 Å². The third-order valence-corrected chi connectivity index (χ3v) is 4.40. The van der Waals surface area contributed by atoms with E-state index in [1.165, 1.54) is 6.42 Å². The first-order valence-corrected chi connectivity index (χ1v) is 8.57. The fraction of sp³-hybridized carbons (Fsp3) is 0.350. The standard InChI is InChI=1S/C20H24N2O2.ClH/c23-20(22-13-11-16-10-12-21-14-16)19-9-5-4-6-17(19)15-24-18-7-2-1-3-8-18;/h1-9,16,21H,10-15H2,(H,22,23);1H. The lowest BCUT2D eigenvalue weighted by Crippen LogP contribution is -2.27. The molecule has 1 unspecified atom stereocenters. The van der Waals surface area contributed by atoms with Gasteiger partial charge in [0.15, 0.2) is 0 Å². The smallest absolute Gasteiger partial charge is 0.251 e. The first-order valence-electron chi connectivity index (χ1n) is 8.57. The largest absolute Gasteiger partial charge is 0.489 e. The first kappa shape index (κ1) is 19.3. The zero-order valence-corrected chi connectivity index (χ0v) is 15.1. The second kappa shape index (κ2) is 10.1. The van der Waals surface area contributed by atoms with E-state index < -0.39 is 0 Å². The van der Waals surface area contributed by atoms with E-state index in [-0.39, 0.29) is 18.3 Å². The molecule has 25 heavy (non-hydrogen) atoms. The number of rotatable bonds is 7. The number of hydrogen-bond acceptors (Lipinski definition) is 3. The van der Waals surface area contributed by atoms with Gasteiger partial charge in [0.05, 0.1) is 0 Å². The van der Waals surface area contributed by atoms with Gasteiger partial charge in [-0.05, 0) is 50.0 Å². The average Bonchev–Trinajstić information content (AvgIpc) is 3.14. The van der Waals surface area contributed by atoms with Crippen LogP contribution in [0.5, 0.6) is 5.75 Å². The molecule has 0 saturated carbocycles. The molecule has 0 aromatic heterocycles. The molecule has 134 valence electrons. The number of hydrogen-bond donors (Lipinski definition) is 2. The topological polar surface area (TPSA) is 50.4 Å². The van der Waals surface area contributed by atoms with Crippen molar-refractivity contribution >= 4 is 18.3 Å². The second-order valence-electron chi connectivity index (χ2n) is 6.16. The second-order valence-corrected chi connectivity index (χ2v) is 6.16. The van der Waals surface area contributed by atoms with E-state index in [2.05, 4.69) is 10.6 Å². The fourth-order valence-electron chi connectivity index (χ4n) is 2.99. The molecule has 1 aliphatic rings. The van der Waals surface area contributed by atoms with Gasteiger partial charge in [0.25, 0.3) is 5.91 Å². The lowest BCUT2D eigenvalue weighted by molar-refractivity contribution is 0.0949. The normalized spacial score (nSPS) is 16.1. The fourth-order valence-corrected chi connectivity index (χ4v) is 2.99. The summed E-state index contributed by atoms with van der Waals surface area (Å²) in [5.41, 5.74) is 1.60. The number of halogens is 1. The molecule has 3 rings (SSSR count). The van der Waals surface area contributed by atoms with Gasteiger partial charge in [0.1, 0.15) is 12.4 Å². The van der Waals surface area contributed by atoms with Gasteiger partial charge in [-0.2, -0.15) is 0 Å². The summed E-state index contributed by atoms with van der Waals surface area (Å²) in [4.78, 5) is 12.5. The molecule has 1 fully saturated rings. The van der Waals surface area contributed by atoms with Crippen molar-refractivity contribution in [1.29, 1.82) is 0 Å². The third kappa shape index (κ3) is 5.76. The van der Waals surface area contributed by atoms with Crippen LogP contribution < -0.4 is 15.4 Å². The van der Waals surface area contributed by atoms with Crippen molar-refractivity contribution in [2.45, 2.75) is 19.4 Å². The number of para-hydroxylation sites is 1. The Hall–Kier alpha value is -2.04. The Labute approximate surface area is 155 Å². The molecule has 2 N–H and O–H groups in total. The molecular weight excluding hydrogens is 336 g/mol. The third-order valence-electron chi connectivity index (χ3n) is 4.40. The molecule has 2 aromatic rings. The molecule has 1 saturated heterocycles. The lowest BCUT2D eigenvalue weighted by Gasteiger charge is -2.13. The van der Waals surface area contributed by atoms with Gasteiger partial charge in [-0.25, -0.2) is 0 Å². The predicted molar refractivity (Wildman–Crippen MR) is 102 cm³/mol. The van der Waals surface area contributed by atoms with Crippen LogP contribution in [0.1, 0.15) is 28.8 Å². The molecule has 2 aromatic carbocycles. The summed E-state index contributed by atoms with van der Waals surface area (Å²) < 4.78 is 5.78. The highest BCUT2D eigenvalue weighted by Crippen LogP contribution is 2.15. The number of carbonyl (C=O) groups excluding carboxylic acids is 1. The summed E-state index contributed by atoms with van der Waals surface area (Å²) in [6.07, 6.45) is 2.23. The average molecular weight is 361 g/mol. The Morgan fingerprint density at radius 3 is 2.64 bits per heavy atom. The summed E-state index contributed by atoms with van der Waals surface area (Å²) >= 11 is 0. The minimum Gasteiger partial charge on any atom is -0.489 e. The van der Waals surface area contributed by atoms with Crippen molar-refractivity contribution in [2.24, 2.45) is 5.92 Å². The van der Waals surface area contributed by atoms with Gasteiger partial charge >= 0.3 is 0 Å². The van der Waals surface area contributed by atoms with Crippen molar-refractivity contribution in [3.8, 4) is 5.75 Å². The van der Waals surface area contributed by atoms with Crippen molar-refractivity contribution in [3.63, 3.8) is 0 Å². The lowest BCUT2D eigenvalue weighted by atomic mass is 10.0. The van der Waals surface area contributed by atoms with Crippen molar-refractivity contribution < 1.29 is 9.53 Å². The van der Waals surface area contributed by atoms with Gasteiger partial charge in [-0.3, -0.25) is 4.79 Å². The Bertz CT molecular complexity index is 658.